The van der Waals surface area contributed by atoms with Crippen molar-refractivity contribution in [2.45, 2.75) is 56.2 Å². The largest absolute Gasteiger partial charge is 0.472 e. The molecule has 0 radical (unpaired) electrons. The molecule has 4 aromatic heterocycles. The van der Waals surface area contributed by atoms with Gasteiger partial charge in [-0.15, -0.1) is 0 Å². The van der Waals surface area contributed by atoms with Gasteiger partial charge in [-0.25, -0.2) is 24.5 Å². The van der Waals surface area contributed by atoms with Gasteiger partial charge in [0.05, 0.1) is 25.5 Å². The number of fused-ring (bicyclic) bond motifs is 5. The van der Waals surface area contributed by atoms with E-state index in [-0.39, 0.29) is 22.8 Å². The highest BCUT2D eigenvalue weighted by atomic mass is 31.2. The Hall–Kier alpha value is -3.24. The molecule has 0 saturated carbocycles. The fraction of sp³-hybridized carbons (Fsp3) is 0.524. The normalized spacial score (nSPS) is 37.7. The van der Waals surface area contributed by atoms with Crippen molar-refractivity contribution in [3.8, 4) is 0 Å². The molecule has 0 spiro atoms. The minimum Gasteiger partial charge on any atom is -0.386 e. The fourth-order valence-corrected chi connectivity index (χ4v) is 7.25. The third-order valence-corrected chi connectivity index (χ3v) is 9.29. The number of imidazole rings is 2. The van der Waals surface area contributed by atoms with Crippen LogP contribution in [0.15, 0.2) is 23.6 Å². The van der Waals surface area contributed by atoms with E-state index in [1.54, 1.807) is 6.92 Å². The quantitative estimate of drug-likeness (QED) is 0.130. The van der Waals surface area contributed by atoms with E-state index in [1.165, 1.54) is 17.1 Å². The van der Waals surface area contributed by atoms with Crippen LogP contribution in [0.1, 0.15) is 18.3 Å². The predicted molar refractivity (Wildman–Crippen MR) is 144 cm³/mol. The van der Waals surface area contributed by atoms with Crippen molar-refractivity contribution in [2.24, 2.45) is 0 Å². The maximum Gasteiger partial charge on any atom is 0.472 e. The number of aromatic amines is 1. The zero-order chi connectivity index (χ0) is 31.8. The number of nitrogen functional groups attached to an aromatic ring is 1. The van der Waals surface area contributed by atoms with E-state index in [9.17, 15) is 33.9 Å². The molecule has 0 amide bonds. The summed E-state index contributed by atoms with van der Waals surface area (Å²) >= 11 is 0. The molecule has 10 atom stereocenters. The molecule has 3 fully saturated rings. The van der Waals surface area contributed by atoms with Crippen LogP contribution in [0.2, 0.25) is 0 Å². The Balaban J connectivity index is 1.21. The van der Waals surface area contributed by atoms with Crippen molar-refractivity contribution in [1.82, 2.24) is 39.0 Å². The maximum absolute atomic E-state index is 13.2. The highest BCUT2D eigenvalue weighted by molar-refractivity contribution is 7.52. The molecule has 7 heterocycles. The summed E-state index contributed by atoms with van der Waals surface area (Å²) in [5.41, 5.74) is 5.27. The molecule has 45 heavy (non-hydrogen) atoms. The lowest BCUT2D eigenvalue weighted by Gasteiger charge is -2.25. The number of rotatable bonds is 2. The van der Waals surface area contributed by atoms with Crippen LogP contribution in [0.3, 0.4) is 0 Å². The number of aromatic nitrogens is 8. The maximum atomic E-state index is 13.2. The Morgan fingerprint density at radius 3 is 2.53 bits per heavy atom. The van der Waals surface area contributed by atoms with Crippen LogP contribution in [0.25, 0.3) is 22.3 Å². The van der Waals surface area contributed by atoms with Crippen molar-refractivity contribution >= 4 is 43.7 Å². The summed E-state index contributed by atoms with van der Waals surface area (Å²) in [6.45, 7) is 0.835. The van der Waals surface area contributed by atoms with Crippen molar-refractivity contribution in [2.75, 3.05) is 18.7 Å². The van der Waals surface area contributed by atoms with E-state index in [0.29, 0.717) is 11.3 Å². The van der Waals surface area contributed by atoms with Crippen LogP contribution in [0.5, 0.6) is 0 Å². The summed E-state index contributed by atoms with van der Waals surface area (Å²) in [6.07, 6.45) is -10.1. The third-order valence-electron chi connectivity index (χ3n) is 7.26. The van der Waals surface area contributed by atoms with Gasteiger partial charge in [-0.2, -0.15) is 4.98 Å². The summed E-state index contributed by atoms with van der Waals surface area (Å²) in [5.74, 6) is 0.106. The first kappa shape index (κ1) is 30.4. The number of H-pyrrole nitrogens is 1. The van der Waals surface area contributed by atoms with Crippen LogP contribution < -0.4 is 11.3 Å². The van der Waals surface area contributed by atoms with E-state index in [2.05, 4.69) is 29.9 Å². The van der Waals surface area contributed by atoms with Gasteiger partial charge >= 0.3 is 15.4 Å². The number of aliphatic hydroxyl groups is 2. The van der Waals surface area contributed by atoms with Crippen molar-refractivity contribution < 1.29 is 56.9 Å². The number of nitrogens with one attached hydrogen (secondary N) is 1. The van der Waals surface area contributed by atoms with Gasteiger partial charge < -0.3 is 39.9 Å². The number of phosphoric acid groups is 1. The fourth-order valence-electron chi connectivity index (χ4n) is 5.28. The summed E-state index contributed by atoms with van der Waals surface area (Å²) in [6, 6.07) is 0. The minimum absolute atomic E-state index is 0.136. The molecule has 4 unspecified atom stereocenters. The monoisotopic (exact) mass is 673 g/mol. The number of hydrogen-bond acceptors (Lipinski definition) is 17. The molecule has 7 N–H and O–H groups in total. The number of aliphatic hydroxyl groups excluding tert-OH is 2. The molecule has 3 aliphatic rings. The van der Waals surface area contributed by atoms with Crippen molar-refractivity contribution in [3.63, 3.8) is 0 Å². The SMILES string of the molecule is Cc1ncc2ncn([C@@H]3O[C@@H]4COP(=O)(O)OC5[C@@H](O)[C@@H](OCP(=O)(O)O[C@@H]4C3O)O[C@H]5n3cnc4c(=O)[nH]c(N)nc43)c2n1. The van der Waals surface area contributed by atoms with Gasteiger partial charge in [0.15, 0.2) is 41.9 Å². The minimum atomic E-state index is -5.11. The second-order valence-corrected chi connectivity index (χ2v) is 13.5. The van der Waals surface area contributed by atoms with Gasteiger partial charge in [-0.3, -0.25) is 37.0 Å². The Bertz CT molecular complexity index is 1930. The summed E-state index contributed by atoms with van der Waals surface area (Å²) < 4.78 is 61.6. The van der Waals surface area contributed by atoms with Gasteiger partial charge in [0, 0.05) is 0 Å². The molecule has 3 saturated heterocycles. The number of nitrogens with zero attached hydrogens (tertiary/aromatic N) is 7. The van der Waals surface area contributed by atoms with Gasteiger partial charge in [0.1, 0.15) is 41.9 Å². The average molecular weight is 673 g/mol. The van der Waals surface area contributed by atoms with E-state index in [1.807, 2.05) is 0 Å². The lowest BCUT2D eigenvalue weighted by molar-refractivity contribution is -0.168. The van der Waals surface area contributed by atoms with Crippen molar-refractivity contribution in [3.05, 3.63) is 35.0 Å². The van der Waals surface area contributed by atoms with Crippen molar-refractivity contribution in [1.29, 1.82) is 0 Å². The summed E-state index contributed by atoms with van der Waals surface area (Å²) in [4.78, 5) is 56.4. The Kier molecular flexibility index (Phi) is 7.39. The predicted octanol–water partition coefficient (Wildman–Crippen LogP) is -1.62. The van der Waals surface area contributed by atoms with E-state index in [4.69, 9.17) is 33.5 Å². The van der Waals surface area contributed by atoms with Crippen LogP contribution in [0, 0.1) is 6.92 Å². The molecular weight excluding hydrogens is 648 g/mol. The smallest absolute Gasteiger partial charge is 0.386 e. The first-order valence-corrected chi connectivity index (χ1v) is 16.4. The van der Waals surface area contributed by atoms with Crippen LogP contribution in [0.4, 0.5) is 5.95 Å². The highest BCUT2D eigenvalue weighted by Crippen LogP contribution is 2.53. The molecule has 3 aliphatic heterocycles. The number of hydrogen-bond donors (Lipinski definition) is 6. The number of phosphoric ester groups is 1. The average Bonchev–Trinajstić information content (AvgIpc) is 3.72. The Morgan fingerprint density at radius 2 is 1.73 bits per heavy atom. The first-order chi connectivity index (χ1) is 21.3. The zero-order valence-electron chi connectivity index (χ0n) is 22.8. The molecule has 4 aromatic rings. The second-order valence-electron chi connectivity index (χ2n) is 10.3. The number of ether oxygens (including phenoxy) is 3. The van der Waals surface area contributed by atoms with Crippen LogP contribution in [-0.4, -0.2) is 109 Å². The topological polar surface area (TPSA) is 304 Å². The molecule has 242 valence electrons. The second kappa shape index (κ2) is 10.9. The van der Waals surface area contributed by atoms with E-state index in [0.717, 1.165) is 10.9 Å². The molecule has 0 aliphatic carbocycles. The van der Waals surface area contributed by atoms with Gasteiger partial charge in [-0.1, -0.05) is 0 Å². The summed E-state index contributed by atoms with van der Waals surface area (Å²) in [7, 11) is -9.88. The highest BCUT2D eigenvalue weighted by Gasteiger charge is 2.54. The van der Waals surface area contributed by atoms with Crippen LogP contribution in [-0.2, 0) is 36.9 Å². The molecule has 0 aromatic carbocycles. The zero-order valence-corrected chi connectivity index (χ0v) is 24.6. The van der Waals surface area contributed by atoms with E-state index >= 15 is 0 Å². The van der Waals surface area contributed by atoms with E-state index < -0.39 is 83.2 Å². The molecule has 24 heteroatoms. The molecular formula is C21H25N9O13P2. The molecule has 2 bridgehead atoms. The Morgan fingerprint density at radius 1 is 0.978 bits per heavy atom. The van der Waals surface area contributed by atoms with Gasteiger partial charge in [-0.05, 0) is 6.92 Å². The standard InChI is InChI=1S/C21H25N9O13P2/c1-7-23-2-8-15(26-7)29(4-24-8)18-11(31)13-9(40-18)3-39-45(36,37)43-14-12(32)20(38-6-44(34,35)42-13)41-19(14)30-5-25-10-16(30)27-21(22)28-17(10)33/h2,4-5,9,11-14,18-20,31-32H,3,6H2,1H3,(H,34,35)(H,36,37)(H3,22,27,28,33)/t9-,11?,12-,13+,14?,18-,19-,20+/m1/s1. The van der Waals surface area contributed by atoms with Gasteiger partial charge in [0.2, 0.25) is 5.95 Å². The first-order valence-electron chi connectivity index (χ1n) is 13.1. The lowest BCUT2D eigenvalue weighted by atomic mass is 10.1. The van der Waals surface area contributed by atoms with Crippen LogP contribution >= 0.6 is 15.4 Å². The Labute approximate surface area is 249 Å². The molecule has 7 rings (SSSR count). The third kappa shape index (κ3) is 5.47. The lowest BCUT2D eigenvalue weighted by Crippen LogP contribution is -2.36. The summed E-state index contributed by atoms with van der Waals surface area (Å²) in [5, 5.41) is 22.1. The number of nitrogens with two attached hydrogens (primary N) is 1. The molecule has 22 nitrogen and oxygen atoms in total. The van der Waals surface area contributed by atoms with Gasteiger partial charge in [0.25, 0.3) is 5.56 Å². The number of aryl methyl sites for hydroxylation is 1. The number of anilines is 1.